The molecule has 0 spiro atoms. The Kier molecular flexibility index (Phi) is 14.0. The summed E-state index contributed by atoms with van der Waals surface area (Å²) in [6, 6.07) is 3.55. The van der Waals surface area contributed by atoms with Crippen LogP contribution in [0.5, 0.6) is 11.5 Å². The van der Waals surface area contributed by atoms with Crippen molar-refractivity contribution in [1.29, 1.82) is 0 Å². The molecule has 0 saturated heterocycles. The van der Waals surface area contributed by atoms with Gasteiger partial charge < -0.3 is 19.3 Å². The van der Waals surface area contributed by atoms with Crippen LogP contribution in [0.2, 0.25) is 0 Å². The van der Waals surface area contributed by atoms with Crippen LogP contribution in [0, 0.1) is 5.92 Å². The molecular formula is C35H54O7P-. The average Bonchev–Trinajstić information content (AvgIpc) is 3.41. The van der Waals surface area contributed by atoms with E-state index in [0.717, 1.165) is 49.7 Å². The quantitative estimate of drug-likeness (QED) is 0.0575. The molecule has 3 atom stereocenters. The number of hydrogen-bond donors (Lipinski definition) is 1. The highest BCUT2D eigenvalue weighted by molar-refractivity contribution is 7.46. The van der Waals surface area contributed by atoms with Gasteiger partial charge in [0.1, 0.15) is 11.5 Å². The topological polar surface area (TPSA) is 105 Å². The predicted molar refractivity (Wildman–Crippen MR) is 170 cm³/mol. The molecule has 0 heterocycles. The molecule has 7 nitrogen and oxygen atoms in total. The second-order valence-electron chi connectivity index (χ2n) is 12.7. The molecule has 242 valence electrons. The Morgan fingerprint density at radius 3 is 2.35 bits per heavy atom. The molecule has 0 radical (unpaired) electrons. The van der Waals surface area contributed by atoms with Crippen molar-refractivity contribution < 1.29 is 33.1 Å². The van der Waals surface area contributed by atoms with E-state index in [9.17, 15) is 19.4 Å². The number of carbonyl (C=O) groups is 1. The second kappa shape index (κ2) is 17.0. The number of aryl methyl sites for hydroxylation is 1. The van der Waals surface area contributed by atoms with Crippen LogP contribution >= 0.6 is 7.82 Å². The highest BCUT2D eigenvalue weighted by Gasteiger charge is 2.47. The lowest BCUT2D eigenvalue weighted by Crippen LogP contribution is -2.42. The van der Waals surface area contributed by atoms with Gasteiger partial charge in [-0.05, 0) is 88.8 Å². The van der Waals surface area contributed by atoms with Crippen molar-refractivity contribution in [3.8, 4) is 11.5 Å². The Bertz CT molecular complexity index is 1150. The van der Waals surface area contributed by atoms with Crippen molar-refractivity contribution in [3.63, 3.8) is 0 Å². The van der Waals surface area contributed by atoms with E-state index in [1.807, 2.05) is 19.9 Å². The van der Waals surface area contributed by atoms with Gasteiger partial charge in [0.25, 0.3) is 7.82 Å². The first kappa shape index (κ1) is 35.6. The second-order valence-corrected chi connectivity index (χ2v) is 14.1. The summed E-state index contributed by atoms with van der Waals surface area (Å²) in [4.78, 5) is 26.8. The molecule has 1 saturated carbocycles. The maximum Gasteiger partial charge on any atom is 0.344 e. The van der Waals surface area contributed by atoms with Gasteiger partial charge >= 0.3 is 5.97 Å². The number of phosphoric acid groups is 1. The zero-order valence-electron chi connectivity index (χ0n) is 27.0. The van der Waals surface area contributed by atoms with Gasteiger partial charge in [-0.3, -0.25) is 9.09 Å². The molecule has 3 rings (SSSR count). The number of benzene rings is 1. The predicted octanol–water partition coefficient (Wildman–Crippen LogP) is 9.22. The lowest BCUT2D eigenvalue weighted by Gasteiger charge is -2.35. The van der Waals surface area contributed by atoms with Crippen LogP contribution in [0.4, 0.5) is 0 Å². The van der Waals surface area contributed by atoms with Crippen LogP contribution in [0.3, 0.4) is 0 Å². The standard InChI is InChI=1S/C35H55O7P/c1-6-8-9-10-11-12-13-16-22-40-43(38,39)42-35(20-14-15-21-35)34(37)41-32-25-28(17-7-2)24-31(36)33(32)30-23-27(5)18-19-29(30)26(3)4/h23-25,29-30,36H,3,6-22H2,1-2,4-5H3,(H,38,39)/p-1/t29-,30+/m0/s1. The lowest BCUT2D eigenvalue weighted by atomic mass is 9.73. The first-order chi connectivity index (χ1) is 20.5. The molecule has 0 bridgehead atoms. The van der Waals surface area contributed by atoms with Crippen molar-refractivity contribution in [1.82, 2.24) is 0 Å². The third-order valence-electron chi connectivity index (χ3n) is 8.95. The summed E-state index contributed by atoms with van der Waals surface area (Å²) in [5.74, 6) is -0.570. The van der Waals surface area contributed by atoms with Crippen molar-refractivity contribution in [2.45, 2.75) is 142 Å². The normalized spacial score (nSPS) is 21.3. The number of allylic oxidation sites excluding steroid dienone is 3. The van der Waals surface area contributed by atoms with Crippen molar-refractivity contribution in [3.05, 3.63) is 47.1 Å². The molecule has 1 N–H and O–H groups in total. The number of carbonyl (C=O) groups excluding carboxylic acids is 1. The summed E-state index contributed by atoms with van der Waals surface area (Å²) >= 11 is 0. The number of hydrogen-bond acceptors (Lipinski definition) is 7. The highest BCUT2D eigenvalue weighted by atomic mass is 31.2. The van der Waals surface area contributed by atoms with Gasteiger partial charge in [-0.15, -0.1) is 0 Å². The Morgan fingerprint density at radius 2 is 1.72 bits per heavy atom. The molecule has 1 fully saturated rings. The van der Waals surface area contributed by atoms with Gasteiger partial charge in [-0.25, -0.2) is 4.79 Å². The third-order valence-corrected chi connectivity index (χ3v) is 10.0. The van der Waals surface area contributed by atoms with E-state index in [2.05, 4.69) is 26.5 Å². The van der Waals surface area contributed by atoms with Crippen LogP contribution in [0.25, 0.3) is 0 Å². The molecule has 2 aliphatic carbocycles. The van der Waals surface area contributed by atoms with Crippen LogP contribution in [0.1, 0.15) is 141 Å². The summed E-state index contributed by atoms with van der Waals surface area (Å²) in [7, 11) is -4.76. The first-order valence-electron chi connectivity index (χ1n) is 16.6. The maximum atomic E-state index is 13.9. The van der Waals surface area contributed by atoms with Gasteiger partial charge in [0, 0.05) is 11.5 Å². The van der Waals surface area contributed by atoms with Gasteiger partial charge in [0.05, 0.1) is 6.61 Å². The van der Waals surface area contributed by atoms with Crippen LogP contribution in [-0.2, 0) is 24.8 Å². The van der Waals surface area contributed by atoms with Gasteiger partial charge in [0.15, 0.2) is 5.60 Å². The minimum atomic E-state index is -4.76. The SMILES string of the molecule is C=C(C)[C@@H]1CCC(C)=C[C@H]1c1c(O)cc(CCC)cc1OC(=O)C1(OP(=O)([O-])OCCCCCCCCCC)CCCC1. The summed E-state index contributed by atoms with van der Waals surface area (Å²) in [6.45, 7) is 12.5. The Balaban J connectivity index is 1.77. The fourth-order valence-electron chi connectivity index (χ4n) is 6.55. The number of phenols is 1. The number of phosphoric ester groups is 1. The monoisotopic (exact) mass is 617 g/mol. The number of ether oxygens (including phenoxy) is 1. The van der Waals surface area contributed by atoms with Crippen LogP contribution < -0.4 is 9.63 Å². The van der Waals surface area contributed by atoms with E-state index in [-0.39, 0.29) is 42.8 Å². The van der Waals surface area contributed by atoms with E-state index in [1.165, 1.54) is 31.3 Å². The molecule has 0 amide bonds. The molecule has 1 aromatic carbocycles. The molecule has 2 aliphatic rings. The summed E-state index contributed by atoms with van der Waals surface area (Å²) in [5, 5.41) is 11.3. The van der Waals surface area contributed by atoms with E-state index in [4.69, 9.17) is 13.8 Å². The van der Waals surface area contributed by atoms with E-state index < -0.39 is 19.4 Å². The smallest absolute Gasteiger partial charge is 0.344 e. The number of esters is 1. The molecule has 0 aliphatic heterocycles. The highest BCUT2D eigenvalue weighted by Crippen LogP contribution is 2.51. The number of aromatic hydroxyl groups is 1. The summed E-state index contributed by atoms with van der Waals surface area (Å²) in [6.07, 6.45) is 15.8. The van der Waals surface area contributed by atoms with Gasteiger partial charge in [0.2, 0.25) is 0 Å². The molecule has 8 heteroatoms. The third kappa shape index (κ3) is 10.3. The fourth-order valence-corrected chi connectivity index (χ4v) is 7.64. The molecule has 43 heavy (non-hydrogen) atoms. The Morgan fingerprint density at radius 1 is 1.07 bits per heavy atom. The molecular weight excluding hydrogens is 563 g/mol. The fraction of sp³-hybridized carbons (Fsp3) is 0.686. The van der Waals surface area contributed by atoms with Crippen LogP contribution in [0.15, 0.2) is 35.9 Å². The van der Waals surface area contributed by atoms with Gasteiger partial charge in [-0.2, -0.15) is 0 Å². The summed E-state index contributed by atoms with van der Waals surface area (Å²) < 4.78 is 29.8. The zero-order chi connectivity index (χ0) is 31.5. The minimum Gasteiger partial charge on any atom is -0.756 e. The number of unbranched alkanes of at least 4 members (excludes halogenated alkanes) is 7. The van der Waals surface area contributed by atoms with E-state index in [0.29, 0.717) is 31.2 Å². The van der Waals surface area contributed by atoms with E-state index in [1.54, 1.807) is 6.07 Å². The lowest BCUT2D eigenvalue weighted by molar-refractivity contribution is -0.237. The molecule has 1 aromatic rings. The average molecular weight is 618 g/mol. The van der Waals surface area contributed by atoms with Crippen molar-refractivity contribution in [2.24, 2.45) is 5.92 Å². The Hall–Kier alpha value is -1.92. The Labute approximate surface area is 259 Å². The van der Waals surface area contributed by atoms with Crippen LogP contribution in [-0.4, -0.2) is 23.3 Å². The first-order valence-corrected chi connectivity index (χ1v) is 18.0. The molecule has 0 aromatic heterocycles. The van der Waals surface area contributed by atoms with E-state index >= 15 is 0 Å². The summed E-state index contributed by atoms with van der Waals surface area (Å²) in [5.41, 5.74) is 1.94. The number of rotatable bonds is 18. The van der Waals surface area contributed by atoms with Gasteiger partial charge in [-0.1, -0.05) is 89.0 Å². The number of phenolic OH excluding ortho intramolecular Hbond substituents is 1. The molecule has 1 unspecified atom stereocenters. The van der Waals surface area contributed by atoms with Crippen molar-refractivity contribution >= 4 is 13.8 Å². The zero-order valence-corrected chi connectivity index (χ0v) is 27.9. The van der Waals surface area contributed by atoms with Crippen molar-refractivity contribution in [2.75, 3.05) is 6.61 Å². The maximum absolute atomic E-state index is 13.9. The largest absolute Gasteiger partial charge is 0.756 e. The minimum absolute atomic E-state index is 0.0353.